The number of para-hydroxylation sites is 2. The third-order valence-electron chi connectivity index (χ3n) is 4.75. The largest absolute Gasteiger partial charge is 0.339 e. The highest BCUT2D eigenvalue weighted by atomic mass is 32.2. The van der Waals surface area contributed by atoms with Crippen molar-refractivity contribution in [3.63, 3.8) is 0 Å². The second-order valence-electron chi connectivity index (χ2n) is 6.77. The smallest absolute Gasteiger partial charge is 0.283 e. The molecular weight excluding hydrogens is 380 g/mol. The molecule has 0 aliphatic carbocycles. The van der Waals surface area contributed by atoms with Gasteiger partial charge in [0.25, 0.3) is 11.8 Å². The first-order chi connectivity index (χ1) is 14.1. The molecule has 0 unspecified atom stereocenters. The average Bonchev–Trinajstić information content (AvgIpc) is 3.00. The van der Waals surface area contributed by atoms with E-state index in [1.54, 1.807) is 17.0 Å². The lowest BCUT2D eigenvalue weighted by atomic mass is 10.2. The quantitative estimate of drug-likeness (QED) is 0.565. The SMILES string of the molecule is Cc1ccc(SC2=C(N(C)c3ccccc3)C(=O)N(c3ccccc3)C2=O)cc1. The number of aryl methyl sites for hydroxylation is 1. The second-order valence-corrected chi connectivity index (χ2v) is 7.85. The number of likely N-dealkylation sites (N-methyl/N-ethyl adjacent to an activating group) is 1. The minimum absolute atomic E-state index is 0.301. The molecule has 4 rings (SSSR count). The molecule has 2 amide bonds. The van der Waals surface area contributed by atoms with Gasteiger partial charge < -0.3 is 4.90 Å². The van der Waals surface area contributed by atoms with Gasteiger partial charge in [0.2, 0.25) is 0 Å². The molecule has 0 atom stereocenters. The maximum Gasteiger partial charge on any atom is 0.283 e. The minimum Gasteiger partial charge on any atom is -0.339 e. The fourth-order valence-electron chi connectivity index (χ4n) is 3.20. The lowest BCUT2D eigenvalue weighted by Gasteiger charge is -2.21. The number of hydrogen-bond donors (Lipinski definition) is 0. The number of hydrogen-bond acceptors (Lipinski definition) is 4. The molecule has 1 aliphatic heterocycles. The van der Waals surface area contributed by atoms with Crippen LogP contribution >= 0.6 is 11.8 Å². The molecule has 3 aromatic carbocycles. The van der Waals surface area contributed by atoms with Gasteiger partial charge in [-0.3, -0.25) is 9.59 Å². The zero-order chi connectivity index (χ0) is 20.4. The molecule has 0 N–H and O–H groups in total. The summed E-state index contributed by atoms with van der Waals surface area (Å²) in [6, 6.07) is 26.6. The van der Waals surface area contributed by atoms with E-state index < -0.39 is 0 Å². The van der Waals surface area contributed by atoms with Gasteiger partial charge in [-0.05, 0) is 43.3 Å². The molecule has 3 aromatic rings. The highest BCUT2D eigenvalue weighted by molar-refractivity contribution is 8.04. The summed E-state index contributed by atoms with van der Waals surface area (Å²) in [5.41, 5.74) is 2.95. The second kappa shape index (κ2) is 7.97. The van der Waals surface area contributed by atoms with Crippen molar-refractivity contribution in [1.82, 2.24) is 0 Å². The zero-order valence-electron chi connectivity index (χ0n) is 16.2. The van der Waals surface area contributed by atoms with Crippen LogP contribution in [-0.4, -0.2) is 18.9 Å². The van der Waals surface area contributed by atoms with Crippen molar-refractivity contribution < 1.29 is 9.59 Å². The van der Waals surface area contributed by atoms with Crippen LogP contribution in [0.1, 0.15) is 5.56 Å². The van der Waals surface area contributed by atoms with E-state index in [9.17, 15) is 9.59 Å². The summed E-state index contributed by atoms with van der Waals surface area (Å²) in [5, 5.41) is 0. The van der Waals surface area contributed by atoms with E-state index in [-0.39, 0.29) is 11.8 Å². The number of rotatable bonds is 5. The number of carbonyl (C=O) groups is 2. The van der Waals surface area contributed by atoms with Crippen molar-refractivity contribution in [2.24, 2.45) is 0 Å². The van der Waals surface area contributed by atoms with E-state index in [2.05, 4.69) is 0 Å². The molecular formula is C24H20N2O2S. The van der Waals surface area contributed by atoms with Crippen molar-refractivity contribution in [1.29, 1.82) is 0 Å². The Labute approximate surface area is 174 Å². The van der Waals surface area contributed by atoms with Crippen molar-refractivity contribution in [2.45, 2.75) is 11.8 Å². The van der Waals surface area contributed by atoms with E-state index in [0.717, 1.165) is 16.1 Å². The zero-order valence-corrected chi connectivity index (χ0v) is 17.0. The molecule has 0 saturated carbocycles. The molecule has 0 radical (unpaired) electrons. The minimum atomic E-state index is -0.317. The number of benzene rings is 3. The van der Waals surface area contributed by atoms with Crippen LogP contribution in [0.5, 0.6) is 0 Å². The summed E-state index contributed by atoms with van der Waals surface area (Å²) in [6.45, 7) is 2.02. The Morgan fingerprint density at radius 3 is 1.97 bits per heavy atom. The van der Waals surface area contributed by atoms with Gasteiger partial charge in [0, 0.05) is 17.6 Å². The maximum absolute atomic E-state index is 13.4. The molecule has 144 valence electrons. The number of amides is 2. The predicted octanol–water partition coefficient (Wildman–Crippen LogP) is 5.01. The summed E-state index contributed by atoms with van der Waals surface area (Å²) in [7, 11) is 1.82. The van der Waals surface area contributed by atoms with Crippen LogP contribution < -0.4 is 9.80 Å². The first-order valence-electron chi connectivity index (χ1n) is 9.27. The third-order valence-corrected chi connectivity index (χ3v) is 5.83. The van der Waals surface area contributed by atoms with Crippen LogP contribution in [0.25, 0.3) is 0 Å². The highest BCUT2D eigenvalue weighted by Crippen LogP contribution is 2.39. The molecule has 0 bridgehead atoms. The van der Waals surface area contributed by atoms with Gasteiger partial charge in [0.1, 0.15) is 10.6 Å². The van der Waals surface area contributed by atoms with Crippen molar-refractivity contribution >= 4 is 35.0 Å². The van der Waals surface area contributed by atoms with Crippen LogP contribution in [0.3, 0.4) is 0 Å². The predicted molar refractivity (Wildman–Crippen MR) is 118 cm³/mol. The Morgan fingerprint density at radius 1 is 0.759 bits per heavy atom. The lowest BCUT2D eigenvalue weighted by Crippen LogP contribution is -2.34. The average molecular weight is 401 g/mol. The Bertz CT molecular complexity index is 1080. The van der Waals surface area contributed by atoms with Gasteiger partial charge >= 0.3 is 0 Å². The van der Waals surface area contributed by atoms with Crippen molar-refractivity contribution in [3.8, 4) is 0 Å². The topological polar surface area (TPSA) is 40.6 Å². The summed E-state index contributed by atoms with van der Waals surface area (Å²) in [6.07, 6.45) is 0. The van der Waals surface area contributed by atoms with Crippen LogP contribution in [0.4, 0.5) is 11.4 Å². The van der Waals surface area contributed by atoms with Crippen LogP contribution in [0, 0.1) is 6.92 Å². The van der Waals surface area contributed by atoms with Crippen LogP contribution in [0.15, 0.2) is 100 Å². The van der Waals surface area contributed by atoms with Gasteiger partial charge in [-0.2, -0.15) is 0 Å². The van der Waals surface area contributed by atoms with Gasteiger partial charge in [-0.25, -0.2) is 4.90 Å². The van der Waals surface area contributed by atoms with Gasteiger partial charge in [0.05, 0.1) is 5.69 Å². The van der Waals surface area contributed by atoms with Gasteiger partial charge in [0.15, 0.2) is 0 Å². The van der Waals surface area contributed by atoms with Crippen LogP contribution in [-0.2, 0) is 9.59 Å². The Balaban J connectivity index is 1.79. The monoisotopic (exact) mass is 400 g/mol. The standard InChI is InChI=1S/C24H20N2O2S/c1-17-13-15-20(16-14-17)29-22-21(25(2)18-9-5-3-6-10-18)23(27)26(24(22)28)19-11-7-4-8-12-19/h3-16H,1-2H3. The molecule has 1 aliphatic rings. The van der Waals surface area contributed by atoms with E-state index >= 15 is 0 Å². The normalized spacial score (nSPS) is 13.9. The molecule has 0 aromatic heterocycles. The fraction of sp³-hybridized carbons (Fsp3) is 0.0833. The molecule has 4 nitrogen and oxygen atoms in total. The maximum atomic E-state index is 13.4. The molecule has 29 heavy (non-hydrogen) atoms. The number of imide groups is 1. The number of anilines is 2. The van der Waals surface area contributed by atoms with Gasteiger partial charge in [-0.15, -0.1) is 0 Å². The molecule has 0 spiro atoms. The Hall–Kier alpha value is -3.31. The van der Waals surface area contributed by atoms with Gasteiger partial charge in [-0.1, -0.05) is 65.9 Å². The van der Waals surface area contributed by atoms with Crippen molar-refractivity contribution in [3.05, 3.63) is 101 Å². The number of nitrogens with zero attached hydrogens (tertiary/aromatic N) is 2. The first kappa shape index (κ1) is 19.0. The Kier molecular flexibility index (Phi) is 5.23. The number of thioether (sulfide) groups is 1. The van der Waals surface area contributed by atoms with E-state index in [4.69, 9.17) is 0 Å². The fourth-order valence-corrected chi connectivity index (χ4v) is 4.21. The van der Waals surface area contributed by atoms with E-state index in [1.807, 2.05) is 86.8 Å². The third kappa shape index (κ3) is 3.69. The summed E-state index contributed by atoms with van der Waals surface area (Å²) in [5.74, 6) is -0.619. The number of carbonyl (C=O) groups excluding carboxylic acids is 2. The van der Waals surface area contributed by atoms with Crippen LogP contribution in [0.2, 0.25) is 0 Å². The first-order valence-corrected chi connectivity index (χ1v) is 10.1. The summed E-state index contributed by atoms with van der Waals surface area (Å²) >= 11 is 1.33. The molecule has 0 fully saturated rings. The Morgan fingerprint density at radius 2 is 1.34 bits per heavy atom. The molecule has 0 saturated heterocycles. The summed E-state index contributed by atoms with van der Waals surface area (Å²) in [4.78, 5) is 31.1. The molecule has 5 heteroatoms. The highest BCUT2D eigenvalue weighted by Gasteiger charge is 2.42. The molecule has 1 heterocycles. The summed E-state index contributed by atoms with van der Waals surface area (Å²) < 4.78 is 0. The van der Waals surface area contributed by atoms with E-state index in [1.165, 1.54) is 16.7 Å². The van der Waals surface area contributed by atoms with E-state index in [0.29, 0.717) is 16.3 Å². The lowest BCUT2D eigenvalue weighted by molar-refractivity contribution is -0.120. The van der Waals surface area contributed by atoms with Crippen molar-refractivity contribution in [2.75, 3.05) is 16.8 Å².